The molecule has 1 unspecified atom stereocenters. The molecule has 1 fully saturated rings. The molecule has 10 heteroatoms. The number of benzene rings is 1. The third-order valence-electron chi connectivity index (χ3n) is 5.24. The predicted molar refractivity (Wildman–Crippen MR) is 118 cm³/mol. The Morgan fingerprint density at radius 1 is 1.22 bits per heavy atom. The van der Waals surface area contributed by atoms with Crippen LogP contribution in [0.1, 0.15) is 42.2 Å². The third kappa shape index (κ3) is 4.67. The zero-order valence-electron chi connectivity index (χ0n) is 17.4. The molecule has 1 saturated heterocycles. The van der Waals surface area contributed by atoms with Crippen molar-refractivity contribution >= 4 is 33.1 Å². The van der Waals surface area contributed by atoms with E-state index >= 15 is 0 Å². The molecule has 32 heavy (non-hydrogen) atoms. The molecule has 0 aliphatic carbocycles. The van der Waals surface area contributed by atoms with Gasteiger partial charge in [-0.15, -0.1) is 11.3 Å². The lowest BCUT2D eigenvalue weighted by atomic mass is 10.1. The second-order valence-electron chi connectivity index (χ2n) is 7.44. The third-order valence-corrected chi connectivity index (χ3v) is 8.02. The number of ether oxygens (including phenoxy) is 1. The molecule has 8 nitrogen and oxygen atoms in total. The number of hydrogen-bond donors (Lipinski definition) is 0. The maximum atomic E-state index is 13.2. The Bertz CT molecular complexity index is 1200. The molecule has 1 aromatic carbocycles. The average Bonchev–Trinajstić information content (AvgIpc) is 3.49. The van der Waals surface area contributed by atoms with Crippen LogP contribution in [0.3, 0.4) is 0 Å². The summed E-state index contributed by atoms with van der Waals surface area (Å²) >= 11 is 1.48. The standard InChI is InChI=1S/C22H22N2O6S2/c1-15(25)16-7-9-18(10-8-16)32(27,28)24-11-3-2-5-19(24)22(26)30-14-17-13-29-21(23-17)20-6-4-12-31-20/h4,6-10,12-13,19H,2-3,5,11,14H2,1H3. The molecule has 3 aromatic rings. The summed E-state index contributed by atoms with van der Waals surface area (Å²) in [5, 5.41) is 1.91. The maximum absolute atomic E-state index is 13.2. The summed E-state index contributed by atoms with van der Waals surface area (Å²) in [7, 11) is -3.92. The Morgan fingerprint density at radius 2 is 2.00 bits per heavy atom. The zero-order valence-corrected chi connectivity index (χ0v) is 19.0. The molecule has 1 aliphatic heterocycles. The summed E-state index contributed by atoms with van der Waals surface area (Å²) in [6, 6.07) is 8.58. The minimum Gasteiger partial charge on any atom is -0.458 e. The number of Topliss-reactive ketones (excluding diaryl/α,β-unsaturated/α-hetero) is 1. The van der Waals surface area contributed by atoms with Gasteiger partial charge in [-0.25, -0.2) is 13.4 Å². The highest BCUT2D eigenvalue weighted by Crippen LogP contribution is 2.27. The fraction of sp³-hybridized carbons (Fsp3) is 0.318. The minimum atomic E-state index is -3.92. The molecular weight excluding hydrogens is 452 g/mol. The summed E-state index contributed by atoms with van der Waals surface area (Å²) < 4.78 is 38.4. The van der Waals surface area contributed by atoms with Gasteiger partial charge < -0.3 is 9.15 Å². The number of sulfonamides is 1. The van der Waals surface area contributed by atoms with Crippen molar-refractivity contribution in [2.75, 3.05) is 6.54 Å². The van der Waals surface area contributed by atoms with Crippen molar-refractivity contribution in [3.8, 4) is 10.8 Å². The van der Waals surface area contributed by atoms with E-state index in [1.807, 2.05) is 17.5 Å². The topological polar surface area (TPSA) is 107 Å². The summed E-state index contributed by atoms with van der Waals surface area (Å²) in [6.07, 6.45) is 3.18. The van der Waals surface area contributed by atoms with Crippen LogP contribution in [-0.4, -0.2) is 42.0 Å². The zero-order chi connectivity index (χ0) is 22.7. The molecule has 4 rings (SSSR count). The molecule has 168 valence electrons. The minimum absolute atomic E-state index is 0.0410. The second-order valence-corrected chi connectivity index (χ2v) is 10.3. The lowest BCUT2D eigenvalue weighted by molar-refractivity contribution is -0.150. The van der Waals surface area contributed by atoms with E-state index < -0.39 is 22.0 Å². The number of oxazole rings is 1. The van der Waals surface area contributed by atoms with E-state index in [-0.39, 0.29) is 23.8 Å². The molecule has 3 heterocycles. The SMILES string of the molecule is CC(=O)c1ccc(S(=O)(=O)N2CCCCC2C(=O)OCc2coc(-c3cccs3)n2)cc1. The Hall–Kier alpha value is -2.82. The fourth-order valence-corrected chi connectivity index (χ4v) is 5.86. The van der Waals surface area contributed by atoms with Crippen molar-refractivity contribution in [2.24, 2.45) is 0 Å². The highest BCUT2D eigenvalue weighted by molar-refractivity contribution is 7.89. The normalized spacial score (nSPS) is 17.2. The average molecular weight is 475 g/mol. The lowest BCUT2D eigenvalue weighted by Crippen LogP contribution is -2.48. The van der Waals surface area contributed by atoms with E-state index in [9.17, 15) is 18.0 Å². The largest absolute Gasteiger partial charge is 0.458 e. The molecule has 1 aliphatic rings. The highest BCUT2D eigenvalue weighted by Gasteiger charge is 2.38. The molecule has 0 radical (unpaired) electrons. The first kappa shape index (κ1) is 22.4. The van der Waals surface area contributed by atoms with Gasteiger partial charge in [0.15, 0.2) is 5.78 Å². The van der Waals surface area contributed by atoms with E-state index in [0.717, 1.165) is 11.3 Å². The van der Waals surface area contributed by atoms with Crippen LogP contribution in [0.15, 0.2) is 57.4 Å². The van der Waals surface area contributed by atoms with Crippen LogP contribution in [0.25, 0.3) is 10.8 Å². The number of carbonyl (C=O) groups excluding carboxylic acids is 2. The number of aromatic nitrogens is 1. The molecule has 0 bridgehead atoms. The quantitative estimate of drug-likeness (QED) is 0.378. The van der Waals surface area contributed by atoms with Gasteiger partial charge in [-0.1, -0.05) is 18.2 Å². The van der Waals surface area contributed by atoms with Crippen LogP contribution in [0.2, 0.25) is 0 Å². The Kier molecular flexibility index (Phi) is 6.54. The van der Waals surface area contributed by atoms with Gasteiger partial charge in [0.1, 0.15) is 24.6 Å². The highest BCUT2D eigenvalue weighted by atomic mass is 32.2. The van der Waals surface area contributed by atoms with Gasteiger partial charge in [0.2, 0.25) is 15.9 Å². The maximum Gasteiger partial charge on any atom is 0.324 e. The molecule has 0 N–H and O–H groups in total. The van der Waals surface area contributed by atoms with Crippen LogP contribution < -0.4 is 0 Å². The van der Waals surface area contributed by atoms with E-state index in [0.29, 0.717) is 30.0 Å². The summed E-state index contributed by atoms with van der Waals surface area (Å²) in [5.74, 6) is -0.320. The summed E-state index contributed by atoms with van der Waals surface area (Å²) in [5.41, 5.74) is 0.875. The van der Waals surface area contributed by atoms with Crippen molar-refractivity contribution < 1.29 is 27.2 Å². The smallest absolute Gasteiger partial charge is 0.324 e. The van der Waals surface area contributed by atoms with Crippen LogP contribution in [0, 0.1) is 0 Å². The first-order valence-electron chi connectivity index (χ1n) is 10.1. The number of nitrogens with zero attached hydrogens (tertiary/aromatic N) is 2. The van der Waals surface area contributed by atoms with Gasteiger partial charge in [-0.2, -0.15) is 4.31 Å². The fourth-order valence-electron chi connectivity index (χ4n) is 3.55. The van der Waals surface area contributed by atoms with Crippen LogP contribution in [-0.2, 0) is 26.2 Å². The van der Waals surface area contributed by atoms with E-state index in [1.54, 1.807) is 0 Å². The molecular formula is C22H22N2O6S2. The number of thiophene rings is 1. The molecule has 1 atom stereocenters. The summed E-state index contributed by atoms with van der Waals surface area (Å²) in [6.45, 7) is 1.53. The number of ketones is 1. The van der Waals surface area contributed by atoms with Crippen molar-refractivity contribution in [2.45, 2.75) is 43.7 Å². The van der Waals surface area contributed by atoms with Crippen molar-refractivity contribution in [3.05, 3.63) is 59.3 Å². The van der Waals surface area contributed by atoms with Gasteiger partial charge in [0.05, 0.1) is 9.77 Å². The van der Waals surface area contributed by atoms with Gasteiger partial charge in [-0.3, -0.25) is 9.59 Å². The number of piperidine rings is 1. The van der Waals surface area contributed by atoms with Crippen molar-refractivity contribution in [3.63, 3.8) is 0 Å². The summed E-state index contributed by atoms with van der Waals surface area (Å²) in [4.78, 5) is 29.5. The van der Waals surface area contributed by atoms with Gasteiger partial charge in [-0.05, 0) is 49.8 Å². The van der Waals surface area contributed by atoms with Crippen molar-refractivity contribution in [1.82, 2.24) is 9.29 Å². The van der Waals surface area contributed by atoms with Crippen LogP contribution >= 0.6 is 11.3 Å². The Balaban J connectivity index is 1.46. The van der Waals surface area contributed by atoms with Gasteiger partial charge in [0, 0.05) is 12.1 Å². The first-order chi connectivity index (χ1) is 15.4. The lowest BCUT2D eigenvalue weighted by Gasteiger charge is -2.33. The van der Waals surface area contributed by atoms with Crippen LogP contribution in [0.4, 0.5) is 0 Å². The van der Waals surface area contributed by atoms with E-state index in [1.165, 1.54) is 53.1 Å². The number of carbonyl (C=O) groups is 2. The molecule has 0 amide bonds. The van der Waals surface area contributed by atoms with E-state index in [2.05, 4.69) is 4.98 Å². The van der Waals surface area contributed by atoms with Crippen molar-refractivity contribution in [1.29, 1.82) is 0 Å². The first-order valence-corrected chi connectivity index (χ1v) is 12.5. The number of hydrogen-bond acceptors (Lipinski definition) is 8. The van der Waals surface area contributed by atoms with Gasteiger partial charge >= 0.3 is 5.97 Å². The second kappa shape index (κ2) is 9.35. The monoisotopic (exact) mass is 474 g/mol. The molecule has 0 saturated carbocycles. The Labute approximate surface area is 189 Å². The Morgan fingerprint density at radius 3 is 2.69 bits per heavy atom. The molecule has 0 spiro atoms. The molecule has 2 aromatic heterocycles. The predicted octanol–water partition coefficient (Wildman–Crippen LogP) is 3.89. The van der Waals surface area contributed by atoms with E-state index in [4.69, 9.17) is 9.15 Å². The van der Waals surface area contributed by atoms with Gasteiger partial charge in [0.25, 0.3) is 0 Å². The number of esters is 1. The number of rotatable bonds is 7. The van der Waals surface area contributed by atoms with Crippen LogP contribution in [0.5, 0.6) is 0 Å².